The maximum atomic E-state index is 12.2. The van der Waals surface area contributed by atoms with Crippen LogP contribution in [0.4, 0.5) is 0 Å². The van der Waals surface area contributed by atoms with E-state index in [1.54, 1.807) is 0 Å². The highest BCUT2D eigenvalue weighted by atomic mass is 16.6. The minimum Gasteiger partial charge on any atom is -0.480 e. The van der Waals surface area contributed by atoms with Gasteiger partial charge >= 0.3 is 5.97 Å². The molecule has 7 heteroatoms. The first-order valence-electron chi connectivity index (χ1n) is 13.2. The average Bonchev–Trinajstić information content (AvgIpc) is 3.11. The second-order valence-corrected chi connectivity index (χ2v) is 11.8. The molecule has 0 unspecified atom stereocenters. The number of hydrogen-bond donors (Lipinski definition) is 3. The molecule has 0 aromatic carbocycles. The minimum absolute atomic E-state index is 0.100. The van der Waals surface area contributed by atoms with Gasteiger partial charge in [-0.3, -0.25) is 4.79 Å². The molecule has 4 aliphatic carbocycles. The second-order valence-electron chi connectivity index (χ2n) is 11.8. The number of allylic oxidation sites excluding steroid dienone is 2. The Morgan fingerprint density at radius 1 is 1.18 bits per heavy atom. The van der Waals surface area contributed by atoms with Crippen LogP contribution in [0.2, 0.25) is 0 Å². The lowest BCUT2D eigenvalue weighted by atomic mass is 9.47. The van der Waals surface area contributed by atoms with E-state index in [9.17, 15) is 19.8 Å². The lowest BCUT2D eigenvalue weighted by molar-refractivity contribution is -0.144. The Bertz CT molecular complexity index is 869. The van der Waals surface area contributed by atoms with Crippen LogP contribution < -0.4 is 5.32 Å². The number of nitrogens with one attached hydrogen (secondary N) is 1. The van der Waals surface area contributed by atoms with Crippen molar-refractivity contribution in [2.45, 2.75) is 97.6 Å². The number of hydrogen-bond acceptors (Lipinski definition) is 5. The predicted molar refractivity (Wildman–Crippen MR) is 130 cm³/mol. The standard InChI is InChI=1S/C27H42N2O5/c1-5-16(2)24(25(32)33)28-23(31)15-34-29-18-10-12-26(3)17(14-18)6-7-19-20-8-9-22(30)27(20,4)13-11-21(19)26/h14,16,19-22,24,30H,5-13,15H2,1-4H3,(H,28,31)(H,32,33)/b29-18+/t16-,19+,20+,21+,22+,24+,26+,27+/m1/s1. The molecule has 0 aromatic heterocycles. The lowest BCUT2D eigenvalue weighted by Crippen LogP contribution is -2.51. The number of rotatable bonds is 7. The number of nitrogens with zero attached hydrogens (tertiary/aromatic N) is 1. The summed E-state index contributed by atoms with van der Waals surface area (Å²) in [5.41, 5.74) is 2.60. The monoisotopic (exact) mass is 474 g/mol. The average molecular weight is 475 g/mol. The maximum Gasteiger partial charge on any atom is 0.326 e. The number of fused-ring (bicyclic) bond motifs is 5. The van der Waals surface area contributed by atoms with Gasteiger partial charge in [0.1, 0.15) is 6.04 Å². The molecule has 3 fully saturated rings. The van der Waals surface area contributed by atoms with E-state index in [4.69, 9.17) is 4.84 Å². The molecule has 0 heterocycles. The van der Waals surface area contributed by atoms with E-state index in [-0.39, 0.29) is 29.5 Å². The van der Waals surface area contributed by atoms with Crippen molar-refractivity contribution in [3.8, 4) is 0 Å². The third-order valence-corrected chi connectivity index (χ3v) is 10.1. The molecule has 0 aliphatic heterocycles. The zero-order valence-corrected chi connectivity index (χ0v) is 21.2. The van der Waals surface area contributed by atoms with Gasteiger partial charge in [-0.05, 0) is 91.9 Å². The van der Waals surface area contributed by atoms with Crippen LogP contribution in [0.1, 0.15) is 85.5 Å². The van der Waals surface area contributed by atoms with Crippen LogP contribution in [0.15, 0.2) is 16.8 Å². The van der Waals surface area contributed by atoms with Crippen LogP contribution in [0.5, 0.6) is 0 Å². The van der Waals surface area contributed by atoms with Crippen molar-refractivity contribution in [2.75, 3.05) is 6.61 Å². The Balaban J connectivity index is 1.38. The molecule has 34 heavy (non-hydrogen) atoms. The molecule has 0 radical (unpaired) electrons. The number of carboxylic acid groups (broad SMARTS) is 1. The number of carbonyl (C=O) groups is 2. The summed E-state index contributed by atoms with van der Waals surface area (Å²) in [6.07, 6.45) is 11.2. The number of carboxylic acids is 1. The molecule has 0 saturated heterocycles. The number of aliphatic hydroxyl groups excluding tert-OH is 1. The summed E-state index contributed by atoms with van der Waals surface area (Å²) in [6.45, 7) is 8.17. The molecular formula is C27H42N2O5. The van der Waals surface area contributed by atoms with E-state index in [1.165, 1.54) is 18.4 Å². The second kappa shape index (κ2) is 9.63. The van der Waals surface area contributed by atoms with Crippen LogP contribution in [0.3, 0.4) is 0 Å². The van der Waals surface area contributed by atoms with Crippen molar-refractivity contribution in [1.29, 1.82) is 0 Å². The fourth-order valence-corrected chi connectivity index (χ4v) is 7.69. The van der Waals surface area contributed by atoms with Crippen LogP contribution in [0, 0.1) is 34.5 Å². The Labute approximate surface area is 203 Å². The molecule has 4 aliphatic rings. The van der Waals surface area contributed by atoms with Gasteiger partial charge in [0, 0.05) is 0 Å². The number of carbonyl (C=O) groups excluding carboxylic acids is 1. The fourth-order valence-electron chi connectivity index (χ4n) is 7.69. The topological polar surface area (TPSA) is 108 Å². The lowest BCUT2D eigenvalue weighted by Gasteiger charge is -2.57. The first-order chi connectivity index (χ1) is 16.1. The summed E-state index contributed by atoms with van der Waals surface area (Å²) >= 11 is 0. The van der Waals surface area contributed by atoms with Crippen LogP contribution in [-0.4, -0.2) is 46.6 Å². The zero-order chi connectivity index (χ0) is 24.7. The molecule has 4 rings (SSSR count). The van der Waals surface area contributed by atoms with Crippen molar-refractivity contribution < 1.29 is 24.6 Å². The highest BCUT2D eigenvalue weighted by Crippen LogP contribution is 2.65. The molecule has 7 nitrogen and oxygen atoms in total. The van der Waals surface area contributed by atoms with Gasteiger partial charge in [-0.1, -0.05) is 44.8 Å². The molecule has 3 saturated carbocycles. The van der Waals surface area contributed by atoms with Crippen molar-refractivity contribution >= 4 is 17.6 Å². The Morgan fingerprint density at radius 3 is 2.65 bits per heavy atom. The van der Waals surface area contributed by atoms with Gasteiger partial charge in [-0.15, -0.1) is 0 Å². The number of oxime groups is 1. The molecule has 190 valence electrons. The number of amides is 1. The quantitative estimate of drug-likeness (QED) is 0.477. The van der Waals surface area contributed by atoms with Gasteiger partial charge in [-0.2, -0.15) is 0 Å². The van der Waals surface area contributed by atoms with Crippen molar-refractivity contribution in [3.05, 3.63) is 11.6 Å². The third kappa shape index (κ3) is 4.40. The molecule has 0 spiro atoms. The van der Waals surface area contributed by atoms with E-state index < -0.39 is 17.9 Å². The largest absolute Gasteiger partial charge is 0.480 e. The van der Waals surface area contributed by atoms with E-state index >= 15 is 0 Å². The van der Waals surface area contributed by atoms with Gasteiger partial charge in [0.05, 0.1) is 11.8 Å². The van der Waals surface area contributed by atoms with E-state index in [0.717, 1.165) is 44.2 Å². The fraction of sp³-hybridized carbons (Fsp3) is 0.815. The highest BCUT2D eigenvalue weighted by Gasteiger charge is 2.58. The smallest absolute Gasteiger partial charge is 0.326 e. The van der Waals surface area contributed by atoms with Crippen LogP contribution in [0.25, 0.3) is 0 Å². The Hall–Kier alpha value is -1.89. The van der Waals surface area contributed by atoms with E-state index in [2.05, 4.69) is 30.4 Å². The summed E-state index contributed by atoms with van der Waals surface area (Å²) in [7, 11) is 0. The summed E-state index contributed by atoms with van der Waals surface area (Å²) in [5.74, 6) is 0.350. The number of aliphatic hydroxyl groups is 1. The summed E-state index contributed by atoms with van der Waals surface area (Å²) in [5, 5.41) is 26.8. The molecule has 8 atom stereocenters. The van der Waals surface area contributed by atoms with Gasteiger partial charge in [0.15, 0.2) is 6.61 Å². The predicted octanol–water partition coefficient (Wildman–Crippen LogP) is 4.30. The summed E-state index contributed by atoms with van der Waals surface area (Å²) < 4.78 is 0. The first-order valence-corrected chi connectivity index (χ1v) is 13.2. The third-order valence-electron chi connectivity index (χ3n) is 10.1. The van der Waals surface area contributed by atoms with Gasteiger partial charge in [0.2, 0.25) is 0 Å². The normalized spacial score (nSPS) is 39.8. The van der Waals surface area contributed by atoms with Crippen molar-refractivity contribution in [3.63, 3.8) is 0 Å². The highest BCUT2D eigenvalue weighted by molar-refractivity contribution is 5.96. The van der Waals surface area contributed by atoms with Crippen LogP contribution in [-0.2, 0) is 14.4 Å². The van der Waals surface area contributed by atoms with E-state index in [1.807, 2.05) is 13.8 Å². The zero-order valence-electron chi connectivity index (χ0n) is 21.2. The molecule has 0 aromatic rings. The molecule has 3 N–H and O–H groups in total. The maximum absolute atomic E-state index is 12.2. The Morgan fingerprint density at radius 2 is 1.94 bits per heavy atom. The molecular weight excluding hydrogens is 432 g/mol. The van der Waals surface area contributed by atoms with Crippen LogP contribution >= 0.6 is 0 Å². The minimum atomic E-state index is -1.03. The number of aliphatic carboxylic acids is 1. The summed E-state index contributed by atoms with van der Waals surface area (Å²) in [6, 6.07) is -0.917. The van der Waals surface area contributed by atoms with Gasteiger partial charge in [-0.25, -0.2) is 4.79 Å². The molecule has 0 bridgehead atoms. The molecule has 1 amide bonds. The SMILES string of the molecule is CC[C@@H](C)[C@H](NC(=O)CO/N=C1/C=C2CC[C@H]3[C@@H]4CC[C@H](O)[C@@]4(C)CC[C@@H]3[C@@]2(C)CC1)C(=O)O. The van der Waals surface area contributed by atoms with Gasteiger partial charge in [0.25, 0.3) is 5.91 Å². The summed E-state index contributed by atoms with van der Waals surface area (Å²) in [4.78, 5) is 28.9. The van der Waals surface area contributed by atoms with Crippen molar-refractivity contribution in [2.24, 2.45) is 39.7 Å². The van der Waals surface area contributed by atoms with Crippen molar-refractivity contribution in [1.82, 2.24) is 5.32 Å². The Kier molecular flexibility index (Phi) is 7.14. The van der Waals surface area contributed by atoms with Gasteiger partial charge < -0.3 is 20.4 Å². The van der Waals surface area contributed by atoms with E-state index in [0.29, 0.717) is 24.2 Å². The first kappa shape index (κ1) is 25.2.